The molecule has 25 heavy (non-hydrogen) atoms. The highest BCUT2D eigenvalue weighted by atomic mass is 19.4. The van der Waals surface area contributed by atoms with Crippen molar-refractivity contribution in [2.75, 3.05) is 11.9 Å². The van der Waals surface area contributed by atoms with Crippen molar-refractivity contribution in [2.24, 2.45) is 11.5 Å². The summed E-state index contributed by atoms with van der Waals surface area (Å²) in [5.41, 5.74) is 4.49. The number of nitrogens with one attached hydrogen (secondary N) is 1. The number of nitro groups is 1. The quantitative estimate of drug-likeness (QED) is 0.386. The Kier molecular flexibility index (Phi) is 6.37. The maximum absolute atomic E-state index is 13.1. The first-order valence-electron chi connectivity index (χ1n) is 6.87. The van der Waals surface area contributed by atoms with Gasteiger partial charge >= 0.3 is 6.18 Å². The van der Waals surface area contributed by atoms with E-state index in [4.69, 9.17) is 11.5 Å². The van der Waals surface area contributed by atoms with E-state index in [1.165, 1.54) is 0 Å². The van der Waals surface area contributed by atoms with E-state index in [0.717, 1.165) is 6.07 Å². The molecule has 1 amide bonds. The molecule has 0 aliphatic heterocycles. The predicted molar refractivity (Wildman–Crippen MR) is 77.9 cm³/mol. The highest BCUT2D eigenvalue weighted by Crippen LogP contribution is 2.37. The summed E-state index contributed by atoms with van der Waals surface area (Å²) in [5.74, 6) is -1.42. The zero-order valence-corrected chi connectivity index (χ0v) is 12.6. The van der Waals surface area contributed by atoms with Crippen molar-refractivity contribution >= 4 is 17.3 Å². The highest BCUT2D eigenvalue weighted by molar-refractivity contribution is 5.98. The van der Waals surface area contributed by atoms with Gasteiger partial charge in [-0.3, -0.25) is 14.9 Å². The lowest BCUT2D eigenvalue weighted by molar-refractivity contribution is -0.388. The summed E-state index contributed by atoms with van der Waals surface area (Å²) in [5, 5.41) is 12.5. The van der Waals surface area contributed by atoms with E-state index in [-0.39, 0.29) is 19.0 Å². The van der Waals surface area contributed by atoms with Crippen molar-refractivity contribution in [1.29, 1.82) is 0 Å². The predicted octanol–water partition coefficient (Wildman–Crippen LogP) is 2.25. The Hall–Kier alpha value is -2.34. The molecule has 0 spiro atoms. The van der Waals surface area contributed by atoms with Gasteiger partial charge in [-0.25, -0.2) is 8.78 Å². The number of carbonyl (C=O) groups is 1. The van der Waals surface area contributed by atoms with Crippen molar-refractivity contribution in [3.05, 3.63) is 33.9 Å². The molecule has 0 aliphatic rings. The zero-order chi connectivity index (χ0) is 19.4. The molecule has 0 aromatic heterocycles. The molecule has 0 saturated heterocycles. The topological polar surface area (TPSA) is 124 Å². The number of carbonyl (C=O) groups excluding carboxylic acids is 1. The zero-order valence-electron chi connectivity index (χ0n) is 12.6. The average molecular weight is 370 g/mol. The van der Waals surface area contributed by atoms with Crippen LogP contribution in [-0.4, -0.2) is 29.3 Å². The number of halogens is 5. The molecule has 0 saturated carbocycles. The summed E-state index contributed by atoms with van der Waals surface area (Å²) in [6.07, 6.45) is -8.88. The minimum absolute atomic E-state index is 0.0116. The third-order valence-electron chi connectivity index (χ3n) is 3.36. The van der Waals surface area contributed by atoms with Gasteiger partial charge in [0.15, 0.2) is 5.54 Å². The lowest BCUT2D eigenvalue weighted by Gasteiger charge is -2.27. The van der Waals surface area contributed by atoms with E-state index in [1.807, 2.05) is 5.32 Å². The van der Waals surface area contributed by atoms with Crippen LogP contribution < -0.4 is 16.8 Å². The number of hydrogen-bond acceptors (Lipinski definition) is 5. The fourth-order valence-electron chi connectivity index (χ4n) is 1.96. The number of nitrogens with two attached hydrogens (primary N) is 2. The minimum atomic E-state index is -5.08. The third kappa shape index (κ3) is 4.82. The molecule has 0 radical (unpaired) electrons. The number of rotatable bonds is 7. The molecular formula is C13H15F5N4O3. The Balaban J connectivity index is 3.17. The minimum Gasteiger partial charge on any atom is -0.330 e. The van der Waals surface area contributed by atoms with Crippen molar-refractivity contribution in [3.63, 3.8) is 0 Å². The Morgan fingerprint density at radius 1 is 1.32 bits per heavy atom. The molecule has 5 N–H and O–H groups in total. The van der Waals surface area contributed by atoms with Crippen molar-refractivity contribution < 1.29 is 31.7 Å². The van der Waals surface area contributed by atoms with Crippen LogP contribution in [-0.2, 0) is 11.0 Å². The van der Waals surface area contributed by atoms with Gasteiger partial charge in [0.05, 0.1) is 4.92 Å². The summed E-state index contributed by atoms with van der Waals surface area (Å²) in [7, 11) is 0. The molecule has 0 heterocycles. The van der Waals surface area contributed by atoms with Gasteiger partial charge in [0, 0.05) is 11.8 Å². The van der Waals surface area contributed by atoms with E-state index in [2.05, 4.69) is 0 Å². The maximum Gasteiger partial charge on any atom is 0.423 e. The first kappa shape index (κ1) is 20.7. The van der Waals surface area contributed by atoms with Crippen LogP contribution in [0.1, 0.15) is 18.4 Å². The van der Waals surface area contributed by atoms with Gasteiger partial charge in [-0.05, 0) is 31.5 Å². The first-order chi connectivity index (χ1) is 11.4. The largest absolute Gasteiger partial charge is 0.423 e. The second-order valence-corrected chi connectivity index (χ2v) is 5.17. The lowest BCUT2D eigenvalue weighted by Crippen LogP contribution is -2.57. The van der Waals surface area contributed by atoms with Crippen LogP contribution in [0.25, 0.3) is 0 Å². The highest BCUT2D eigenvalue weighted by Gasteiger charge is 2.43. The monoisotopic (exact) mass is 370 g/mol. The molecule has 0 bridgehead atoms. The number of nitrogens with zero attached hydrogens (tertiary/aromatic N) is 1. The summed E-state index contributed by atoms with van der Waals surface area (Å²) < 4.78 is 64.8. The summed E-state index contributed by atoms with van der Waals surface area (Å²) >= 11 is 0. The van der Waals surface area contributed by atoms with E-state index in [1.54, 1.807) is 0 Å². The number of alkyl halides is 5. The van der Waals surface area contributed by atoms with Crippen LogP contribution in [0.5, 0.6) is 0 Å². The molecule has 0 aliphatic carbocycles. The van der Waals surface area contributed by atoms with Crippen LogP contribution in [0.3, 0.4) is 0 Å². The van der Waals surface area contributed by atoms with Gasteiger partial charge in [-0.1, -0.05) is 0 Å². The van der Waals surface area contributed by atoms with Crippen molar-refractivity contribution in [3.8, 4) is 0 Å². The van der Waals surface area contributed by atoms with Crippen LogP contribution in [0.4, 0.5) is 33.3 Å². The molecule has 12 heteroatoms. The second-order valence-electron chi connectivity index (χ2n) is 5.17. The SMILES string of the molecule is NCCCC(N)(C(=O)Nc1ccc([N+](=O)[O-])c(C(F)(F)F)c1)C(F)F. The number of amides is 1. The van der Waals surface area contributed by atoms with Crippen LogP contribution >= 0.6 is 0 Å². The Morgan fingerprint density at radius 3 is 2.36 bits per heavy atom. The fourth-order valence-corrected chi connectivity index (χ4v) is 1.96. The fraction of sp³-hybridized carbons (Fsp3) is 0.462. The van der Waals surface area contributed by atoms with Crippen molar-refractivity contribution in [2.45, 2.75) is 31.0 Å². The molecule has 1 atom stereocenters. The van der Waals surface area contributed by atoms with E-state index in [0.29, 0.717) is 6.07 Å². The van der Waals surface area contributed by atoms with Gasteiger partial charge in [0.2, 0.25) is 5.91 Å². The molecule has 140 valence electrons. The van der Waals surface area contributed by atoms with Gasteiger partial charge < -0.3 is 16.8 Å². The van der Waals surface area contributed by atoms with Crippen LogP contribution in [0.2, 0.25) is 0 Å². The number of hydrogen-bond donors (Lipinski definition) is 3. The molecule has 1 aromatic carbocycles. The summed E-state index contributed by atoms with van der Waals surface area (Å²) in [6.45, 7) is -0.0191. The molecule has 1 rings (SSSR count). The maximum atomic E-state index is 13.1. The van der Waals surface area contributed by atoms with Gasteiger partial charge in [-0.15, -0.1) is 0 Å². The lowest BCUT2D eigenvalue weighted by atomic mass is 9.93. The van der Waals surface area contributed by atoms with Gasteiger partial charge in [0.25, 0.3) is 12.1 Å². The number of anilines is 1. The van der Waals surface area contributed by atoms with Crippen molar-refractivity contribution in [1.82, 2.24) is 0 Å². The van der Waals surface area contributed by atoms with E-state index in [9.17, 15) is 36.9 Å². The Morgan fingerprint density at radius 2 is 1.92 bits per heavy atom. The first-order valence-corrected chi connectivity index (χ1v) is 6.87. The van der Waals surface area contributed by atoms with Crippen LogP contribution in [0, 0.1) is 10.1 Å². The standard InChI is InChI=1S/C13H15F5N4O3/c14-10(15)12(20,4-1-5-19)11(23)21-7-2-3-9(22(24)25)8(6-7)13(16,17)18/h2-3,6,10H,1,4-5,19-20H2,(H,21,23). The molecule has 1 aromatic rings. The molecule has 1 unspecified atom stereocenters. The Bertz CT molecular complexity index is 653. The van der Waals surface area contributed by atoms with E-state index < -0.39 is 52.3 Å². The Labute approximate surface area is 138 Å². The summed E-state index contributed by atoms with van der Waals surface area (Å²) in [4.78, 5) is 21.4. The smallest absolute Gasteiger partial charge is 0.330 e. The van der Waals surface area contributed by atoms with Gasteiger partial charge in [-0.2, -0.15) is 13.2 Å². The molecular weight excluding hydrogens is 355 g/mol. The number of nitro benzene ring substituents is 1. The molecule has 0 fully saturated rings. The number of benzene rings is 1. The van der Waals surface area contributed by atoms with Gasteiger partial charge in [0.1, 0.15) is 5.56 Å². The van der Waals surface area contributed by atoms with Crippen LogP contribution in [0.15, 0.2) is 18.2 Å². The molecule has 7 nitrogen and oxygen atoms in total. The summed E-state index contributed by atoms with van der Waals surface area (Å²) in [6, 6.07) is 1.59. The third-order valence-corrected chi connectivity index (χ3v) is 3.36. The normalized spacial score (nSPS) is 14.2. The second kappa shape index (κ2) is 7.70. The van der Waals surface area contributed by atoms with E-state index >= 15 is 0 Å². The average Bonchev–Trinajstić information content (AvgIpc) is 2.51.